The van der Waals surface area contributed by atoms with E-state index in [1.165, 1.54) is 56.4 Å². The summed E-state index contributed by atoms with van der Waals surface area (Å²) in [7, 11) is 2.15. The number of aliphatic hydroxyl groups is 1. The fourth-order valence-electron chi connectivity index (χ4n) is 5.48. The Morgan fingerprint density at radius 2 is 0.944 bits per heavy atom. The van der Waals surface area contributed by atoms with Crippen LogP contribution >= 0.6 is 12.4 Å². The number of carbonyl (C=O) groups is 1. The number of nitrogens with one attached hydrogen (secondary N) is 1. The third-order valence-electron chi connectivity index (χ3n) is 8.92. The Labute approximate surface area is 420 Å². The molecule has 0 saturated carbocycles. The summed E-state index contributed by atoms with van der Waals surface area (Å²) in [6, 6.07) is 17.1. The van der Waals surface area contributed by atoms with Crippen molar-refractivity contribution in [3.8, 4) is 0 Å². The van der Waals surface area contributed by atoms with Gasteiger partial charge in [0.1, 0.15) is 0 Å². The zero-order valence-corrected chi connectivity index (χ0v) is 37.4. The number of aliphatic hydroxyl groups excluding tert-OH is 1. The zero-order chi connectivity index (χ0) is 51.1. The molecule has 0 atom stereocenters. The summed E-state index contributed by atoms with van der Waals surface area (Å²) in [5.41, 5.74) is -1.41. The first-order chi connectivity index (χ1) is 31.8. The van der Waals surface area contributed by atoms with Gasteiger partial charge in [-0.05, 0) is 25.1 Å². The van der Waals surface area contributed by atoms with Crippen molar-refractivity contribution in [2.45, 2.75) is 63.1 Å². The van der Waals surface area contributed by atoms with Gasteiger partial charge in [-0.25, -0.2) is 0 Å². The summed E-state index contributed by atoms with van der Waals surface area (Å²) in [5.74, 6) is -3.22. The van der Waals surface area contributed by atoms with Gasteiger partial charge < -0.3 is 20.2 Å². The molecule has 2 saturated heterocycles. The Morgan fingerprint density at radius 1 is 0.597 bits per heavy atom. The molecule has 1 amide bonds. The van der Waals surface area contributed by atoms with Crippen molar-refractivity contribution in [3.05, 3.63) is 159 Å². The Kier molecular flexibility index (Phi) is 44.8. The molecule has 0 bridgehead atoms. The summed E-state index contributed by atoms with van der Waals surface area (Å²) >= 11 is 0. The molecule has 6 rings (SSSR count). The number of nitrogens with zero attached hydrogens (tertiary/aromatic N) is 7. The first-order valence-electron chi connectivity index (χ1n) is 19.4. The predicted octanol–water partition coefficient (Wildman–Crippen LogP) is 7.98. The van der Waals surface area contributed by atoms with Crippen molar-refractivity contribution in [1.29, 1.82) is 0 Å². The molecule has 27 heteroatoms. The van der Waals surface area contributed by atoms with Crippen molar-refractivity contribution in [3.63, 3.8) is 0 Å². The van der Waals surface area contributed by atoms with Gasteiger partial charge >= 0.3 is 35.1 Å². The SMILES string of the molecule is C.C.C.C.CC(=O)N1CCN(Cc2cccc([N+](=O)[O-])c2F)CC1.CCc1cccc([N+](=O)[O-])c1F.CN1CCNCC1.Cl.O=C=O.O=C=O.O=[N+]([O-])c1cccc(CO)c1F.O=[N+]([O-])c1ccccc1F. The number of rotatable bonds is 8. The largest absolute Gasteiger partial charge is 0.392 e. The van der Waals surface area contributed by atoms with Crippen LogP contribution in [0.3, 0.4) is 0 Å². The van der Waals surface area contributed by atoms with Crippen LogP contribution in [-0.4, -0.2) is 117 Å². The summed E-state index contributed by atoms with van der Waals surface area (Å²) in [5, 5.41) is 52.9. The average Bonchev–Trinajstić information content (AvgIpc) is 3.29. The first kappa shape index (κ1) is 76.1. The Balaban J connectivity index is -0.000000187. The topological polar surface area (TPSA) is 300 Å². The molecule has 0 aliphatic carbocycles. The third kappa shape index (κ3) is 28.3. The van der Waals surface area contributed by atoms with Gasteiger partial charge in [-0.2, -0.15) is 36.7 Å². The van der Waals surface area contributed by atoms with E-state index >= 15 is 0 Å². The van der Waals surface area contributed by atoms with E-state index in [0.717, 1.165) is 43.4 Å². The van der Waals surface area contributed by atoms with E-state index in [4.69, 9.17) is 24.3 Å². The lowest BCUT2D eigenvalue weighted by Gasteiger charge is -2.34. The normalized spacial score (nSPS) is 11.8. The zero-order valence-electron chi connectivity index (χ0n) is 36.6. The molecule has 2 aliphatic rings. The fraction of sp³-hybridized carbons (Fsp3) is 0.400. The maximum Gasteiger partial charge on any atom is 0.373 e. The quantitative estimate of drug-likeness (QED) is 0.0960. The minimum atomic E-state index is -0.968. The number of hydrogen-bond donors (Lipinski definition) is 2. The van der Waals surface area contributed by atoms with Crippen LogP contribution in [0.2, 0.25) is 0 Å². The van der Waals surface area contributed by atoms with E-state index in [1.54, 1.807) is 24.0 Å². The Morgan fingerprint density at radius 3 is 1.26 bits per heavy atom. The van der Waals surface area contributed by atoms with E-state index < -0.39 is 72.3 Å². The molecule has 22 nitrogen and oxygen atoms in total. The van der Waals surface area contributed by atoms with Gasteiger partial charge in [0.2, 0.25) is 29.2 Å². The number of nitro benzene ring substituents is 4. The van der Waals surface area contributed by atoms with E-state index in [9.17, 15) is 62.8 Å². The highest BCUT2D eigenvalue weighted by Crippen LogP contribution is 2.23. The number of likely N-dealkylation sites (N-methyl/N-ethyl adjacent to an activating group) is 1. The highest BCUT2D eigenvalue weighted by Gasteiger charge is 2.23. The number of hydrogen-bond acceptors (Lipinski definition) is 17. The number of para-hydroxylation sites is 1. The van der Waals surface area contributed by atoms with E-state index in [2.05, 4.69) is 17.3 Å². The van der Waals surface area contributed by atoms with Gasteiger partial charge in [-0.1, -0.05) is 85.2 Å². The molecule has 2 N–H and O–H groups in total. The molecule has 2 aliphatic heterocycles. The minimum Gasteiger partial charge on any atom is -0.392 e. The second kappa shape index (κ2) is 42.4. The van der Waals surface area contributed by atoms with Crippen LogP contribution < -0.4 is 5.32 Å². The van der Waals surface area contributed by atoms with Gasteiger partial charge in [0, 0.05) is 101 Å². The fourth-order valence-corrected chi connectivity index (χ4v) is 5.48. The van der Waals surface area contributed by atoms with Crippen LogP contribution in [0.1, 0.15) is 60.2 Å². The predicted molar refractivity (Wildman–Crippen MR) is 260 cm³/mol. The van der Waals surface area contributed by atoms with Crippen molar-refractivity contribution in [2.75, 3.05) is 59.4 Å². The molecule has 0 radical (unpaired) electrons. The van der Waals surface area contributed by atoms with Gasteiger partial charge in [-0.15, -0.1) is 12.4 Å². The lowest BCUT2D eigenvalue weighted by molar-refractivity contribution is -0.387. The van der Waals surface area contributed by atoms with E-state index in [0.29, 0.717) is 50.3 Å². The highest BCUT2D eigenvalue weighted by molar-refractivity contribution is 5.85. The molecule has 4 aromatic rings. The number of nitro groups is 4. The maximum atomic E-state index is 14.0. The lowest BCUT2D eigenvalue weighted by atomic mass is 10.1. The van der Waals surface area contributed by atoms with Crippen LogP contribution in [0.15, 0.2) is 78.9 Å². The summed E-state index contributed by atoms with van der Waals surface area (Å²) in [6.07, 6.45) is 0.966. The first-order valence-corrected chi connectivity index (χ1v) is 19.4. The molecule has 2 fully saturated rings. The standard InChI is InChI=1S/C13H16FN3O3.C8H8FNO2.C7H6FNO3.C6H4FNO2.C5H12N2.2CO2.4CH4.ClH/c1-10(18)16-7-5-15(6-8-16)9-11-3-2-4-12(13(11)14)17(19)20;1-2-6-4-3-5-7(8(6)9)10(11)12;8-7-5(4-10)2-1-3-6(7)9(11)12;7-5-3-1-2-4-6(5)8(9)10;1-7-4-2-6-3-5-7;2*2-1-3;;;;;/h2-4H,5-9H2,1H3;3-5H,2H2,1H3;1-3,10H,4H2;1-4H;6H,2-5H2,1H3;;;4*1H4;1H. The smallest absolute Gasteiger partial charge is 0.373 e. The number of benzene rings is 4. The number of piperazine rings is 2. The third-order valence-corrected chi connectivity index (χ3v) is 8.92. The Bertz CT molecular complexity index is 2240. The van der Waals surface area contributed by atoms with Crippen LogP contribution in [0.25, 0.3) is 0 Å². The number of aryl methyl sites for hydroxylation is 1. The number of amides is 1. The molecule has 0 unspecified atom stereocenters. The molecular formula is C45H63ClF4N8O14. The molecule has 72 heavy (non-hydrogen) atoms. The molecule has 402 valence electrons. The van der Waals surface area contributed by atoms with Crippen molar-refractivity contribution in [1.82, 2.24) is 20.0 Å². The van der Waals surface area contributed by atoms with Gasteiger partial charge in [0.15, 0.2) is 0 Å². The van der Waals surface area contributed by atoms with Crippen LogP contribution in [-0.2, 0) is 43.5 Å². The molecule has 0 aromatic heterocycles. The summed E-state index contributed by atoms with van der Waals surface area (Å²) < 4.78 is 52.4. The molecule has 0 spiro atoms. The van der Waals surface area contributed by atoms with Crippen molar-refractivity contribution >= 4 is 53.4 Å². The van der Waals surface area contributed by atoms with E-state index in [-0.39, 0.29) is 65.9 Å². The van der Waals surface area contributed by atoms with E-state index in [1.807, 2.05) is 4.90 Å². The Hall–Kier alpha value is -7.44. The maximum absolute atomic E-state index is 14.0. The highest BCUT2D eigenvalue weighted by atomic mass is 35.5. The van der Waals surface area contributed by atoms with Gasteiger partial charge in [0.05, 0.1) is 26.3 Å². The van der Waals surface area contributed by atoms with Crippen LogP contribution in [0, 0.1) is 63.7 Å². The summed E-state index contributed by atoms with van der Waals surface area (Å²) in [6.45, 7) is 10.3. The monoisotopic (exact) mass is 1050 g/mol. The number of halogens is 5. The minimum absolute atomic E-state index is 0. The molecular weight excluding hydrogens is 988 g/mol. The lowest BCUT2D eigenvalue weighted by Crippen LogP contribution is -2.47. The number of carbonyl (C=O) groups excluding carboxylic acids is 5. The van der Waals surface area contributed by atoms with Crippen molar-refractivity contribution < 1.29 is 66.3 Å². The van der Waals surface area contributed by atoms with Crippen molar-refractivity contribution in [2.24, 2.45) is 0 Å². The van der Waals surface area contributed by atoms with Gasteiger partial charge in [-0.3, -0.25) is 50.2 Å². The second-order valence-corrected chi connectivity index (χ2v) is 13.2. The van der Waals surface area contributed by atoms with Gasteiger partial charge in [0.25, 0.3) is 0 Å². The molecule has 4 aromatic carbocycles. The summed E-state index contributed by atoms with van der Waals surface area (Å²) in [4.78, 5) is 87.9. The van der Waals surface area contributed by atoms with Crippen LogP contribution in [0.4, 0.5) is 40.3 Å². The average molecular weight is 1050 g/mol. The van der Waals surface area contributed by atoms with Crippen LogP contribution in [0.5, 0.6) is 0 Å². The second-order valence-electron chi connectivity index (χ2n) is 13.2. The molecule has 2 heterocycles.